The van der Waals surface area contributed by atoms with E-state index in [9.17, 15) is 4.79 Å². The van der Waals surface area contributed by atoms with Crippen LogP contribution in [0.2, 0.25) is 10.0 Å². The number of esters is 1. The van der Waals surface area contributed by atoms with Gasteiger partial charge in [-0.15, -0.1) is 0 Å². The van der Waals surface area contributed by atoms with E-state index in [2.05, 4.69) is 0 Å². The van der Waals surface area contributed by atoms with Crippen molar-refractivity contribution in [2.45, 2.75) is 0 Å². The monoisotopic (exact) mass is 322 g/mol. The summed E-state index contributed by atoms with van der Waals surface area (Å²) in [6, 6.07) is 12.2. The number of carbonyl (C=O) groups is 1. The Hall–Kier alpha value is -1.97. The van der Waals surface area contributed by atoms with Crippen LogP contribution in [0.3, 0.4) is 0 Å². The summed E-state index contributed by atoms with van der Waals surface area (Å²) in [6.07, 6.45) is 2.91. The van der Waals surface area contributed by atoms with E-state index >= 15 is 0 Å². The number of benzene rings is 2. The van der Waals surface area contributed by atoms with Crippen LogP contribution in [-0.4, -0.2) is 13.1 Å². The summed E-state index contributed by atoms with van der Waals surface area (Å²) < 4.78 is 10.3. The molecule has 5 heteroatoms. The van der Waals surface area contributed by atoms with Crippen LogP contribution in [0.15, 0.2) is 48.5 Å². The highest BCUT2D eigenvalue weighted by Crippen LogP contribution is 2.31. The lowest BCUT2D eigenvalue weighted by atomic mass is 10.2. The van der Waals surface area contributed by atoms with E-state index in [-0.39, 0.29) is 10.8 Å². The maximum Gasteiger partial charge on any atom is 0.336 e. The number of ether oxygens (including phenoxy) is 2. The summed E-state index contributed by atoms with van der Waals surface area (Å²) in [7, 11) is 1.57. The molecule has 0 aromatic heterocycles. The van der Waals surface area contributed by atoms with Crippen molar-refractivity contribution in [3.63, 3.8) is 0 Å². The van der Waals surface area contributed by atoms with Gasteiger partial charge in [0.05, 0.1) is 12.1 Å². The summed E-state index contributed by atoms with van der Waals surface area (Å²) in [5.74, 6) is 0.339. The predicted molar refractivity (Wildman–Crippen MR) is 84.1 cm³/mol. The largest absolute Gasteiger partial charge is 0.496 e. The standard InChI is InChI=1S/C16H12Cl2O3/c1-20-13-7-3-2-5-11(13)9-10-15(19)21-14-8-4-6-12(17)16(14)18/h2-10H,1H3. The molecule has 0 aliphatic rings. The van der Waals surface area contributed by atoms with Crippen molar-refractivity contribution in [3.8, 4) is 11.5 Å². The molecule has 0 aliphatic carbocycles. The molecule has 108 valence electrons. The molecule has 2 aromatic rings. The summed E-state index contributed by atoms with van der Waals surface area (Å²) in [4.78, 5) is 11.8. The normalized spacial score (nSPS) is 10.6. The molecule has 0 unspecified atom stereocenters. The maximum atomic E-state index is 11.8. The average Bonchev–Trinajstić information content (AvgIpc) is 2.50. The molecule has 0 spiro atoms. The third kappa shape index (κ3) is 4.00. The lowest BCUT2D eigenvalue weighted by Gasteiger charge is -2.05. The summed E-state index contributed by atoms with van der Waals surface area (Å²) in [5, 5.41) is 0.536. The highest BCUT2D eigenvalue weighted by Gasteiger charge is 2.08. The Kier molecular flexibility index (Phi) is 5.26. The van der Waals surface area contributed by atoms with Crippen molar-refractivity contribution in [2.75, 3.05) is 7.11 Å². The highest BCUT2D eigenvalue weighted by molar-refractivity contribution is 6.43. The second-order valence-corrected chi connectivity index (χ2v) is 4.83. The third-order valence-electron chi connectivity index (χ3n) is 2.66. The van der Waals surface area contributed by atoms with Gasteiger partial charge in [0.1, 0.15) is 10.8 Å². The van der Waals surface area contributed by atoms with Crippen LogP contribution in [0, 0.1) is 0 Å². The first-order valence-electron chi connectivity index (χ1n) is 6.08. The Labute approximate surface area is 132 Å². The van der Waals surface area contributed by atoms with Crippen LogP contribution in [-0.2, 0) is 4.79 Å². The van der Waals surface area contributed by atoms with E-state index in [0.29, 0.717) is 10.8 Å². The van der Waals surface area contributed by atoms with E-state index in [1.54, 1.807) is 37.5 Å². The Morgan fingerprint density at radius 2 is 1.76 bits per heavy atom. The predicted octanol–water partition coefficient (Wildman–Crippen LogP) is 4.62. The zero-order chi connectivity index (χ0) is 15.2. The van der Waals surface area contributed by atoms with Crippen molar-refractivity contribution < 1.29 is 14.3 Å². The molecule has 0 saturated heterocycles. The molecule has 0 radical (unpaired) electrons. The van der Waals surface area contributed by atoms with Crippen LogP contribution in [0.25, 0.3) is 6.08 Å². The number of hydrogen-bond acceptors (Lipinski definition) is 3. The van der Waals surface area contributed by atoms with Crippen molar-refractivity contribution in [3.05, 3.63) is 64.1 Å². The number of rotatable bonds is 4. The van der Waals surface area contributed by atoms with Gasteiger partial charge in [0.25, 0.3) is 0 Å². The van der Waals surface area contributed by atoms with Crippen molar-refractivity contribution >= 4 is 35.2 Å². The van der Waals surface area contributed by atoms with Gasteiger partial charge in [0, 0.05) is 11.6 Å². The van der Waals surface area contributed by atoms with Crippen molar-refractivity contribution in [1.29, 1.82) is 0 Å². The molecular weight excluding hydrogens is 311 g/mol. The molecule has 2 aromatic carbocycles. The third-order valence-corrected chi connectivity index (χ3v) is 3.47. The van der Waals surface area contributed by atoms with Gasteiger partial charge >= 0.3 is 5.97 Å². The summed E-state index contributed by atoms with van der Waals surface area (Å²) in [5.41, 5.74) is 0.772. The van der Waals surface area contributed by atoms with Gasteiger partial charge in [0.15, 0.2) is 5.75 Å². The van der Waals surface area contributed by atoms with Crippen molar-refractivity contribution in [2.24, 2.45) is 0 Å². The first kappa shape index (κ1) is 15.4. The number of carbonyl (C=O) groups excluding carboxylic acids is 1. The number of para-hydroxylation sites is 1. The summed E-state index contributed by atoms with van der Waals surface area (Å²) in [6.45, 7) is 0. The Bertz CT molecular complexity index is 681. The van der Waals surface area contributed by atoms with E-state index < -0.39 is 5.97 Å². The molecule has 0 atom stereocenters. The Morgan fingerprint density at radius 3 is 2.52 bits per heavy atom. The molecule has 3 nitrogen and oxygen atoms in total. The zero-order valence-electron chi connectivity index (χ0n) is 11.2. The molecule has 21 heavy (non-hydrogen) atoms. The van der Waals surface area contributed by atoms with E-state index in [1.165, 1.54) is 6.08 Å². The first-order chi connectivity index (χ1) is 10.1. The maximum absolute atomic E-state index is 11.8. The molecule has 0 fully saturated rings. The molecule has 0 saturated carbocycles. The molecule has 2 rings (SSSR count). The fraction of sp³-hybridized carbons (Fsp3) is 0.0625. The SMILES string of the molecule is COc1ccccc1C=CC(=O)Oc1cccc(Cl)c1Cl. The Morgan fingerprint density at radius 1 is 1.05 bits per heavy atom. The quantitative estimate of drug-likeness (QED) is 0.468. The fourth-order valence-corrected chi connectivity index (χ4v) is 2.00. The van der Waals surface area contributed by atoms with Crippen LogP contribution in [0.1, 0.15) is 5.56 Å². The average molecular weight is 323 g/mol. The van der Waals surface area contributed by atoms with Crippen LogP contribution in [0.5, 0.6) is 11.5 Å². The molecule has 0 amide bonds. The highest BCUT2D eigenvalue weighted by atomic mass is 35.5. The molecule has 0 heterocycles. The van der Waals surface area contributed by atoms with Gasteiger partial charge in [0.2, 0.25) is 0 Å². The van der Waals surface area contributed by atoms with Crippen molar-refractivity contribution in [1.82, 2.24) is 0 Å². The molecule has 0 N–H and O–H groups in total. The van der Waals surface area contributed by atoms with E-state index in [0.717, 1.165) is 5.56 Å². The van der Waals surface area contributed by atoms with Gasteiger partial charge in [-0.25, -0.2) is 4.79 Å². The Balaban J connectivity index is 2.11. The molecule has 0 bridgehead atoms. The summed E-state index contributed by atoms with van der Waals surface area (Å²) >= 11 is 11.8. The minimum atomic E-state index is -0.551. The van der Waals surface area contributed by atoms with Gasteiger partial charge in [-0.2, -0.15) is 0 Å². The number of hydrogen-bond donors (Lipinski definition) is 0. The van der Waals surface area contributed by atoms with Gasteiger partial charge in [-0.3, -0.25) is 0 Å². The molecule has 0 aliphatic heterocycles. The second-order valence-electron chi connectivity index (χ2n) is 4.05. The topological polar surface area (TPSA) is 35.5 Å². The lowest BCUT2D eigenvalue weighted by molar-refractivity contribution is -0.128. The smallest absolute Gasteiger partial charge is 0.336 e. The minimum Gasteiger partial charge on any atom is -0.496 e. The van der Waals surface area contributed by atoms with E-state index in [1.807, 2.05) is 18.2 Å². The van der Waals surface area contributed by atoms with Crippen LogP contribution < -0.4 is 9.47 Å². The number of methoxy groups -OCH3 is 1. The number of halogens is 2. The minimum absolute atomic E-state index is 0.207. The fourth-order valence-electron chi connectivity index (χ4n) is 1.67. The zero-order valence-corrected chi connectivity index (χ0v) is 12.7. The van der Waals surface area contributed by atoms with Crippen LogP contribution >= 0.6 is 23.2 Å². The lowest BCUT2D eigenvalue weighted by Crippen LogP contribution is -2.04. The van der Waals surface area contributed by atoms with Gasteiger partial charge < -0.3 is 9.47 Å². The first-order valence-corrected chi connectivity index (χ1v) is 6.84. The van der Waals surface area contributed by atoms with Gasteiger partial charge in [-0.05, 0) is 24.3 Å². The van der Waals surface area contributed by atoms with E-state index in [4.69, 9.17) is 32.7 Å². The van der Waals surface area contributed by atoms with Crippen LogP contribution in [0.4, 0.5) is 0 Å². The molecular formula is C16H12Cl2O3. The second kappa shape index (κ2) is 7.16. The van der Waals surface area contributed by atoms with Gasteiger partial charge in [-0.1, -0.05) is 47.5 Å².